The Labute approximate surface area is 114 Å². The predicted octanol–water partition coefficient (Wildman–Crippen LogP) is 1.70. The normalized spacial score (nSPS) is 17.1. The van der Waals surface area contributed by atoms with E-state index in [-0.39, 0.29) is 17.9 Å². The Bertz CT molecular complexity index is 400. The van der Waals surface area contributed by atoms with E-state index in [9.17, 15) is 4.79 Å². The zero-order valence-corrected chi connectivity index (χ0v) is 11.2. The van der Waals surface area contributed by atoms with Crippen molar-refractivity contribution in [3.63, 3.8) is 0 Å². The van der Waals surface area contributed by atoms with Gasteiger partial charge in [-0.25, -0.2) is 0 Å². The molecule has 0 atom stereocenters. The van der Waals surface area contributed by atoms with E-state index in [1.54, 1.807) is 0 Å². The Morgan fingerprint density at radius 3 is 2.58 bits per heavy atom. The average Bonchev–Trinajstić information content (AvgIpc) is 2.93. The molecule has 4 nitrogen and oxygen atoms in total. The van der Waals surface area contributed by atoms with Crippen LogP contribution < -0.4 is 15.8 Å². The lowest BCUT2D eigenvalue weighted by molar-refractivity contribution is -0.123. The Morgan fingerprint density at radius 1 is 1.26 bits per heavy atom. The second kappa shape index (κ2) is 6.57. The van der Waals surface area contributed by atoms with Crippen molar-refractivity contribution >= 4 is 5.91 Å². The number of hydrogen-bond acceptors (Lipinski definition) is 3. The first-order valence-electron chi connectivity index (χ1n) is 6.89. The standard InChI is InChI=1S/C15H22N2O2/c16-11-15(8-4-5-9-15)12-17-14(18)10-19-13-6-2-1-3-7-13/h1-3,6-7H,4-5,8-12,16H2,(H,17,18). The van der Waals surface area contributed by atoms with E-state index in [0.29, 0.717) is 18.8 Å². The lowest BCUT2D eigenvalue weighted by Crippen LogP contribution is -2.42. The molecule has 4 heteroatoms. The van der Waals surface area contributed by atoms with Gasteiger partial charge in [-0.3, -0.25) is 4.79 Å². The van der Waals surface area contributed by atoms with E-state index in [4.69, 9.17) is 10.5 Å². The summed E-state index contributed by atoms with van der Waals surface area (Å²) >= 11 is 0. The van der Waals surface area contributed by atoms with E-state index < -0.39 is 0 Å². The summed E-state index contributed by atoms with van der Waals surface area (Å²) < 4.78 is 5.41. The fourth-order valence-electron chi connectivity index (χ4n) is 2.58. The zero-order chi connectivity index (χ0) is 13.6. The number of para-hydroxylation sites is 1. The Hall–Kier alpha value is -1.55. The van der Waals surface area contributed by atoms with Gasteiger partial charge in [0, 0.05) is 6.54 Å². The molecule has 0 saturated heterocycles. The minimum atomic E-state index is -0.0800. The van der Waals surface area contributed by atoms with Gasteiger partial charge < -0.3 is 15.8 Å². The molecule has 1 saturated carbocycles. The van der Waals surface area contributed by atoms with Crippen LogP contribution in [0.1, 0.15) is 25.7 Å². The second-order valence-electron chi connectivity index (χ2n) is 5.29. The fourth-order valence-corrected chi connectivity index (χ4v) is 2.58. The van der Waals surface area contributed by atoms with Gasteiger partial charge in [-0.2, -0.15) is 0 Å². The lowest BCUT2D eigenvalue weighted by atomic mass is 9.86. The van der Waals surface area contributed by atoms with Gasteiger partial charge in [-0.15, -0.1) is 0 Å². The minimum Gasteiger partial charge on any atom is -0.484 e. The summed E-state index contributed by atoms with van der Waals surface area (Å²) in [6, 6.07) is 9.36. The van der Waals surface area contributed by atoms with Crippen molar-refractivity contribution in [3.8, 4) is 5.75 Å². The molecule has 2 rings (SSSR count). The molecule has 1 aromatic carbocycles. The number of hydrogen-bond donors (Lipinski definition) is 2. The van der Waals surface area contributed by atoms with Crippen LogP contribution in [-0.2, 0) is 4.79 Å². The number of carbonyl (C=O) groups excluding carboxylic acids is 1. The van der Waals surface area contributed by atoms with Crippen molar-refractivity contribution < 1.29 is 9.53 Å². The third kappa shape index (κ3) is 3.96. The van der Waals surface area contributed by atoms with Gasteiger partial charge in [-0.05, 0) is 36.9 Å². The van der Waals surface area contributed by atoms with Crippen LogP contribution in [0.2, 0.25) is 0 Å². The highest BCUT2D eigenvalue weighted by molar-refractivity contribution is 5.77. The van der Waals surface area contributed by atoms with Crippen molar-refractivity contribution in [2.75, 3.05) is 19.7 Å². The van der Waals surface area contributed by atoms with Gasteiger partial charge in [-0.1, -0.05) is 31.0 Å². The fraction of sp³-hybridized carbons (Fsp3) is 0.533. The van der Waals surface area contributed by atoms with Gasteiger partial charge in [0.25, 0.3) is 5.91 Å². The molecule has 104 valence electrons. The molecule has 1 amide bonds. The second-order valence-corrected chi connectivity index (χ2v) is 5.29. The first-order chi connectivity index (χ1) is 9.24. The summed E-state index contributed by atoms with van der Waals surface area (Å²) in [4.78, 5) is 11.8. The van der Waals surface area contributed by atoms with Crippen LogP contribution in [0, 0.1) is 5.41 Å². The van der Waals surface area contributed by atoms with Crippen LogP contribution in [0.5, 0.6) is 5.75 Å². The molecular formula is C15H22N2O2. The maximum absolute atomic E-state index is 11.8. The highest BCUT2D eigenvalue weighted by atomic mass is 16.5. The van der Waals surface area contributed by atoms with E-state index in [1.165, 1.54) is 12.8 Å². The molecule has 1 aliphatic carbocycles. The highest BCUT2D eigenvalue weighted by Crippen LogP contribution is 2.36. The van der Waals surface area contributed by atoms with Crippen LogP contribution in [0.3, 0.4) is 0 Å². The van der Waals surface area contributed by atoms with Gasteiger partial charge >= 0.3 is 0 Å². The smallest absolute Gasteiger partial charge is 0.257 e. The zero-order valence-electron chi connectivity index (χ0n) is 11.2. The molecular weight excluding hydrogens is 240 g/mol. The molecule has 1 aromatic rings. The first kappa shape index (κ1) is 13.9. The Kier molecular flexibility index (Phi) is 4.80. The molecule has 19 heavy (non-hydrogen) atoms. The molecule has 0 radical (unpaired) electrons. The van der Waals surface area contributed by atoms with E-state index in [0.717, 1.165) is 12.8 Å². The third-order valence-corrected chi connectivity index (χ3v) is 3.87. The molecule has 1 fully saturated rings. The summed E-state index contributed by atoms with van der Waals surface area (Å²) in [7, 11) is 0. The number of amides is 1. The maximum atomic E-state index is 11.8. The lowest BCUT2D eigenvalue weighted by Gasteiger charge is -2.27. The summed E-state index contributed by atoms with van der Waals surface area (Å²) in [5, 5.41) is 2.94. The van der Waals surface area contributed by atoms with E-state index in [1.807, 2.05) is 30.3 Å². The molecule has 0 bridgehead atoms. The summed E-state index contributed by atoms with van der Waals surface area (Å²) in [6.07, 6.45) is 4.66. The topological polar surface area (TPSA) is 64.3 Å². The molecule has 0 unspecified atom stereocenters. The van der Waals surface area contributed by atoms with Crippen LogP contribution in [0.4, 0.5) is 0 Å². The minimum absolute atomic E-state index is 0.0602. The molecule has 0 aromatic heterocycles. The first-order valence-corrected chi connectivity index (χ1v) is 6.89. The third-order valence-electron chi connectivity index (χ3n) is 3.87. The van der Waals surface area contributed by atoms with Crippen molar-refractivity contribution in [1.29, 1.82) is 0 Å². The number of benzene rings is 1. The van der Waals surface area contributed by atoms with Crippen LogP contribution >= 0.6 is 0 Å². The van der Waals surface area contributed by atoms with Crippen molar-refractivity contribution in [2.24, 2.45) is 11.1 Å². The van der Waals surface area contributed by atoms with Gasteiger partial charge in [0.05, 0.1) is 0 Å². The highest BCUT2D eigenvalue weighted by Gasteiger charge is 2.32. The Balaban J connectivity index is 1.72. The van der Waals surface area contributed by atoms with Crippen LogP contribution in [0.15, 0.2) is 30.3 Å². The number of carbonyl (C=O) groups is 1. The molecule has 0 spiro atoms. The van der Waals surface area contributed by atoms with Gasteiger partial charge in [0.2, 0.25) is 0 Å². The number of ether oxygens (including phenoxy) is 1. The van der Waals surface area contributed by atoms with Crippen LogP contribution in [0.25, 0.3) is 0 Å². The van der Waals surface area contributed by atoms with Crippen LogP contribution in [-0.4, -0.2) is 25.6 Å². The predicted molar refractivity (Wildman–Crippen MR) is 74.9 cm³/mol. The monoisotopic (exact) mass is 262 g/mol. The van der Waals surface area contributed by atoms with E-state index in [2.05, 4.69) is 5.32 Å². The summed E-state index contributed by atoms with van der Waals surface area (Å²) in [5.41, 5.74) is 5.95. The number of rotatable bonds is 6. The van der Waals surface area contributed by atoms with Crippen molar-refractivity contribution in [1.82, 2.24) is 5.32 Å². The van der Waals surface area contributed by atoms with E-state index >= 15 is 0 Å². The largest absolute Gasteiger partial charge is 0.484 e. The summed E-state index contributed by atoms with van der Waals surface area (Å²) in [6.45, 7) is 1.37. The molecule has 0 heterocycles. The number of nitrogens with two attached hydrogens (primary N) is 1. The molecule has 1 aliphatic rings. The van der Waals surface area contributed by atoms with Crippen molar-refractivity contribution in [3.05, 3.63) is 30.3 Å². The number of nitrogens with one attached hydrogen (secondary N) is 1. The molecule has 0 aliphatic heterocycles. The average molecular weight is 262 g/mol. The maximum Gasteiger partial charge on any atom is 0.257 e. The van der Waals surface area contributed by atoms with Gasteiger partial charge in [0.15, 0.2) is 6.61 Å². The van der Waals surface area contributed by atoms with Crippen molar-refractivity contribution in [2.45, 2.75) is 25.7 Å². The quantitative estimate of drug-likeness (QED) is 0.820. The molecule has 3 N–H and O–H groups in total. The van der Waals surface area contributed by atoms with Gasteiger partial charge in [0.1, 0.15) is 5.75 Å². The summed E-state index contributed by atoms with van der Waals surface area (Å²) in [5.74, 6) is 0.635. The SMILES string of the molecule is NCC1(CNC(=O)COc2ccccc2)CCCC1. The Morgan fingerprint density at radius 2 is 1.95 bits per heavy atom.